The van der Waals surface area contributed by atoms with Crippen LogP contribution < -0.4 is 4.74 Å². The highest BCUT2D eigenvalue weighted by molar-refractivity contribution is 6.34. The van der Waals surface area contributed by atoms with Gasteiger partial charge in [0, 0.05) is 17.7 Å². The number of halogens is 1. The molecule has 0 bridgehead atoms. The smallest absolute Gasteiger partial charge is 0.356 e. The first-order chi connectivity index (χ1) is 13.6. The molecule has 1 aliphatic carbocycles. The maximum atomic E-state index is 12.7. The predicted octanol–water partition coefficient (Wildman–Crippen LogP) is 4.52. The van der Waals surface area contributed by atoms with Gasteiger partial charge in [0.2, 0.25) is 0 Å². The van der Waals surface area contributed by atoms with Crippen molar-refractivity contribution >= 4 is 17.6 Å². The Balaban J connectivity index is 1.88. The van der Waals surface area contributed by atoms with E-state index in [1.54, 1.807) is 20.2 Å². The molecule has 0 saturated carbocycles. The first-order valence-electron chi connectivity index (χ1n) is 9.28. The summed E-state index contributed by atoms with van der Waals surface area (Å²) in [5, 5.41) is 4.41. The molecule has 0 saturated heterocycles. The van der Waals surface area contributed by atoms with Gasteiger partial charge in [0.1, 0.15) is 11.4 Å². The maximum Gasteiger partial charge on any atom is 0.356 e. The van der Waals surface area contributed by atoms with Crippen molar-refractivity contribution in [3.8, 4) is 17.2 Å². The van der Waals surface area contributed by atoms with Gasteiger partial charge in [0.25, 0.3) is 0 Å². The third-order valence-corrected chi connectivity index (χ3v) is 5.41. The lowest BCUT2D eigenvalue weighted by Gasteiger charge is -2.13. The molecule has 6 nitrogen and oxygen atoms in total. The van der Waals surface area contributed by atoms with Gasteiger partial charge in [-0.05, 0) is 43.9 Å². The van der Waals surface area contributed by atoms with Crippen molar-refractivity contribution < 1.29 is 18.8 Å². The van der Waals surface area contributed by atoms with Crippen molar-refractivity contribution in [1.82, 2.24) is 9.72 Å². The van der Waals surface area contributed by atoms with Crippen LogP contribution in [0.3, 0.4) is 0 Å². The van der Waals surface area contributed by atoms with E-state index < -0.39 is 5.97 Å². The average Bonchev–Trinajstić information content (AvgIpc) is 3.20. The molecule has 2 aromatic heterocycles. The van der Waals surface area contributed by atoms with Crippen LogP contribution >= 0.6 is 11.6 Å². The number of hydrogen-bond acceptors (Lipinski definition) is 5. The van der Waals surface area contributed by atoms with Gasteiger partial charge in [-0.1, -0.05) is 28.9 Å². The van der Waals surface area contributed by atoms with Crippen LogP contribution in [0.25, 0.3) is 11.5 Å². The summed E-state index contributed by atoms with van der Waals surface area (Å²) in [6.07, 6.45) is 4.28. The van der Waals surface area contributed by atoms with E-state index in [0.29, 0.717) is 23.0 Å². The van der Waals surface area contributed by atoms with Crippen molar-refractivity contribution in [2.45, 2.75) is 32.7 Å². The Hall–Kier alpha value is -2.73. The molecule has 1 aromatic carbocycles. The normalized spacial score (nSPS) is 12.8. The van der Waals surface area contributed by atoms with Crippen LogP contribution in [0.1, 0.15) is 40.5 Å². The molecular formula is C21H21ClN2O4. The van der Waals surface area contributed by atoms with Crippen molar-refractivity contribution in [2.24, 2.45) is 0 Å². The number of carbonyl (C=O) groups excluding carboxylic acids is 1. The Bertz CT molecular complexity index is 1000. The molecule has 0 atom stereocenters. The molecule has 0 fully saturated rings. The zero-order valence-corrected chi connectivity index (χ0v) is 16.6. The van der Waals surface area contributed by atoms with Gasteiger partial charge in [0.15, 0.2) is 5.76 Å². The highest BCUT2D eigenvalue weighted by Gasteiger charge is 2.32. The van der Waals surface area contributed by atoms with Crippen LogP contribution in [0.2, 0.25) is 5.02 Å². The second kappa shape index (κ2) is 7.72. The number of hydrogen-bond donors (Lipinski definition) is 0. The number of aromatic nitrogens is 2. The number of fused-ring (bicyclic) bond motifs is 3. The second-order valence-electron chi connectivity index (χ2n) is 6.68. The van der Waals surface area contributed by atoms with Crippen molar-refractivity contribution in [3.05, 3.63) is 57.9 Å². The summed E-state index contributed by atoms with van der Waals surface area (Å²) in [5.74, 6) is 1.02. The Labute approximate surface area is 168 Å². The van der Waals surface area contributed by atoms with Gasteiger partial charge < -0.3 is 18.6 Å². The molecule has 0 N–H and O–H groups in total. The van der Waals surface area contributed by atoms with Crippen LogP contribution in [0.15, 0.2) is 35.0 Å². The summed E-state index contributed by atoms with van der Waals surface area (Å²) in [4.78, 5) is 12.7. The standard InChI is InChI=1S/C21H21ClN2O4/c1-3-27-21(25)19-17(22)16-6-4-5-14-11-23-28-20(14)18(16)24(19)12-13-7-9-15(26-2)10-8-13/h7-11H,3-6,12H2,1-2H3. The van der Waals surface area contributed by atoms with Gasteiger partial charge in [-0.2, -0.15) is 0 Å². The molecule has 3 aromatic rings. The first kappa shape index (κ1) is 18.6. The molecule has 1 aliphatic rings. The molecule has 0 amide bonds. The lowest BCUT2D eigenvalue weighted by atomic mass is 10.1. The highest BCUT2D eigenvalue weighted by atomic mass is 35.5. The highest BCUT2D eigenvalue weighted by Crippen LogP contribution is 2.41. The Morgan fingerprint density at radius 3 is 2.79 bits per heavy atom. The largest absolute Gasteiger partial charge is 0.497 e. The monoisotopic (exact) mass is 400 g/mol. The van der Waals surface area contributed by atoms with E-state index in [1.807, 2.05) is 28.8 Å². The van der Waals surface area contributed by atoms with E-state index in [4.69, 9.17) is 25.6 Å². The lowest BCUT2D eigenvalue weighted by molar-refractivity contribution is 0.0514. The summed E-state index contributed by atoms with van der Waals surface area (Å²) >= 11 is 6.69. The fourth-order valence-corrected chi connectivity index (χ4v) is 4.05. The van der Waals surface area contributed by atoms with E-state index in [-0.39, 0.29) is 6.61 Å². The fourth-order valence-electron chi connectivity index (χ4n) is 3.69. The van der Waals surface area contributed by atoms with E-state index in [1.165, 1.54) is 0 Å². The third kappa shape index (κ3) is 3.18. The van der Waals surface area contributed by atoms with Crippen molar-refractivity contribution in [2.75, 3.05) is 13.7 Å². The van der Waals surface area contributed by atoms with Crippen molar-refractivity contribution in [3.63, 3.8) is 0 Å². The minimum Gasteiger partial charge on any atom is -0.497 e. The predicted molar refractivity (Wildman–Crippen MR) is 105 cm³/mol. The van der Waals surface area contributed by atoms with Gasteiger partial charge in [0.05, 0.1) is 30.6 Å². The molecule has 0 radical (unpaired) electrons. The second-order valence-corrected chi connectivity index (χ2v) is 7.06. The Morgan fingerprint density at radius 1 is 1.29 bits per heavy atom. The molecular weight excluding hydrogens is 380 g/mol. The van der Waals surface area contributed by atoms with E-state index in [9.17, 15) is 4.79 Å². The molecule has 146 valence electrons. The van der Waals surface area contributed by atoms with Gasteiger partial charge in [-0.3, -0.25) is 0 Å². The topological polar surface area (TPSA) is 66.5 Å². The van der Waals surface area contributed by atoms with Crippen LogP contribution in [0, 0.1) is 0 Å². The zero-order valence-electron chi connectivity index (χ0n) is 15.8. The Morgan fingerprint density at radius 2 is 2.07 bits per heavy atom. The molecule has 0 spiro atoms. The molecule has 2 heterocycles. The number of rotatable bonds is 5. The van der Waals surface area contributed by atoms with Gasteiger partial charge in [-0.25, -0.2) is 4.79 Å². The van der Waals surface area contributed by atoms with E-state index in [2.05, 4.69) is 5.16 Å². The number of methoxy groups -OCH3 is 1. The molecule has 0 aliphatic heterocycles. The van der Waals surface area contributed by atoms with E-state index >= 15 is 0 Å². The quantitative estimate of drug-likeness (QED) is 0.589. The minimum atomic E-state index is -0.435. The molecule has 7 heteroatoms. The molecule has 4 rings (SSSR count). The fraction of sp³-hybridized carbons (Fsp3) is 0.333. The summed E-state index contributed by atoms with van der Waals surface area (Å²) in [6, 6.07) is 7.71. The number of carbonyl (C=O) groups is 1. The number of esters is 1. The molecule has 0 unspecified atom stereocenters. The first-order valence-corrected chi connectivity index (χ1v) is 9.66. The third-order valence-electron chi connectivity index (χ3n) is 5.00. The van der Waals surface area contributed by atoms with Gasteiger partial charge in [-0.15, -0.1) is 0 Å². The van der Waals surface area contributed by atoms with Gasteiger partial charge >= 0.3 is 5.97 Å². The SMILES string of the molecule is CCOC(=O)c1c(Cl)c2c(n1Cc1ccc(OC)cc1)-c1oncc1CCC2. The number of benzene rings is 1. The molecule has 28 heavy (non-hydrogen) atoms. The average molecular weight is 401 g/mol. The van der Waals surface area contributed by atoms with E-state index in [0.717, 1.165) is 47.4 Å². The minimum absolute atomic E-state index is 0.279. The van der Waals surface area contributed by atoms with Crippen molar-refractivity contribution in [1.29, 1.82) is 0 Å². The van der Waals surface area contributed by atoms with Crippen LogP contribution in [-0.2, 0) is 24.1 Å². The zero-order chi connectivity index (χ0) is 19.7. The summed E-state index contributed by atoms with van der Waals surface area (Å²) in [6.45, 7) is 2.51. The van der Waals surface area contributed by atoms with Crippen LogP contribution in [-0.4, -0.2) is 29.4 Å². The lowest BCUT2D eigenvalue weighted by Crippen LogP contribution is -2.14. The Kier molecular flexibility index (Phi) is 5.13. The number of nitrogens with zero attached hydrogens (tertiary/aromatic N) is 2. The summed E-state index contributed by atoms with van der Waals surface area (Å²) in [7, 11) is 1.63. The van der Waals surface area contributed by atoms with Crippen LogP contribution in [0.5, 0.6) is 5.75 Å². The number of aryl methyl sites for hydroxylation is 1. The van der Waals surface area contributed by atoms with Crippen LogP contribution in [0.4, 0.5) is 0 Å². The maximum absolute atomic E-state index is 12.7. The summed E-state index contributed by atoms with van der Waals surface area (Å²) in [5.41, 5.74) is 4.11. The summed E-state index contributed by atoms with van der Waals surface area (Å²) < 4.78 is 18.0. The number of ether oxygens (including phenoxy) is 2.